The SMILES string of the molecule is Cc1cc(=O)n(C)cc1NC(=O)CN1C(=O)N[C@]2(CCCC[C@H]2C)C1=O. The van der Waals surface area contributed by atoms with Crippen molar-refractivity contribution < 1.29 is 14.4 Å². The lowest BCUT2D eigenvalue weighted by Crippen LogP contribution is -2.54. The Morgan fingerprint density at radius 3 is 2.77 bits per heavy atom. The van der Waals surface area contributed by atoms with Gasteiger partial charge in [-0.25, -0.2) is 4.79 Å². The van der Waals surface area contributed by atoms with Gasteiger partial charge in [-0.15, -0.1) is 0 Å². The van der Waals surface area contributed by atoms with Crippen LogP contribution in [0.15, 0.2) is 17.1 Å². The molecule has 2 heterocycles. The van der Waals surface area contributed by atoms with Crippen LogP contribution in [-0.2, 0) is 16.6 Å². The molecule has 8 heteroatoms. The Morgan fingerprint density at radius 1 is 1.35 bits per heavy atom. The third kappa shape index (κ3) is 3.00. The number of anilines is 1. The number of hydrogen-bond donors (Lipinski definition) is 2. The minimum absolute atomic E-state index is 0.0478. The van der Waals surface area contributed by atoms with Gasteiger partial charge in [0.05, 0.1) is 5.69 Å². The van der Waals surface area contributed by atoms with Gasteiger partial charge in [0.1, 0.15) is 12.1 Å². The predicted octanol–water partition coefficient (Wildman–Crippen LogP) is 1.13. The average molecular weight is 360 g/mol. The standard InChI is InChI=1S/C18H24N4O4/c1-11-8-15(24)21(3)9-13(11)19-14(23)10-22-16(25)18(20-17(22)26)7-5-4-6-12(18)2/h8-9,12H,4-7,10H2,1-3H3,(H,19,23)(H,20,26)/t12-,18+/m1/s1. The third-order valence-electron chi connectivity index (χ3n) is 5.51. The third-order valence-corrected chi connectivity index (χ3v) is 5.51. The molecule has 3 rings (SSSR count). The van der Waals surface area contributed by atoms with Gasteiger partial charge < -0.3 is 15.2 Å². The first kappa shape index (κ1) is 18.2. The Morgan fingerprint density at radius 2 is 2.08 bits per heavy atom. The summed E-state index contributed by atoms with van der Waals surface area (Å²) in [5.41, 5.74) is 0.0473. The molecular weight excluding hydrogens is 336 g/mol. The van der Waals surface area contributed by atoms with Gasteiger partial charge in [0.2, 0.25) is 5.91 Å². The molecule has 26 heavy (non-hydrogen) atoms. The second kappa shape index (κ2) is 6.59. The number of aryl methyl sites for hydroxylation is 2. The van der Waals surface area contributed by atoms with E-state index in [4.69, 9.17) is 0 Å². The molecule has 140 valence electrons. The normalized spacial score (nSPS) is 25.5. The number of urea groups is 1. The van der Waals surface area contributed by atoms with E-state index >= 15 is 0 Å². The summed E-state index contributed by atoms with van der Waals surface area (Å²) in [6.07, 6.45) is 4.93. The molecule has 1 saturated carbocycles. The Kier molecular flexibility index (Phi) is 4.60. The topological polar surface area (TPSA) is 101 Å². The highest BCUT2D eigenvalue weighted by Crippen LogP contribution is 2.38. The van der Waals surface area contributed by atoms with Crippen LogP contribution >= 0.6 is 0 Å². The van der Waals surface area contributed by atoms with E-state index in [0.717, 1.165) is 24.2 Å². The zero-order chi connectivity index (χ0) is 19.1. The zero-order valence-electron chi connectivity index (χ0n) is 15.3. The molecule has 1 aromatic heterocycles. The van der Waals surface area contributed by atoms with Crippen LogP contribution in [0.3, 0.4) is 0 Å². The number of carbonyl (C=O) groups is 3. The number of nitrogens with one attached hydrogen (secondary N) is 2. The number of pyridine rings is 1. The average Bonchev–Trinajstić information content (AvgIpc) is 2.80. The van der Waals surface area contributed by atoms with Crippen LogP contribution in [0.1, 0.15) is 38.2 Å². The lowest BCUT2D eigenvalue weighted by atomic mass is 9.73. The largest absolute Gasteiger partial charge is 0.325 e. The number of imide groups is 1. The van der Waals surface area contributed by atoms with Crippen molar-refractivity contribution in [2.24, 2.45) is 13.0 Å². The van der Waals surface area contributed by atoms with E-state index in [9.17, 15) is 19.2 Å². The first-order valence-corrected chi connectivity index (χ1v) is 8.86. The van der Waals surface area contributed by atoms with Gasteiger partial charge in [-0.1, -0.05) is 19.8 Å². The molecule has 0 unspecified atom stereocenters. The fourth-order valence-corrected chi connectivity index (χ4v) is 3.83. The van der Waals surface area contributed by atoms with Gasteiger partial charge >= 0.3 is 6.03 Å². The number of rotatable bonds is 3. The second-order valence-electron chi connectivity index (χ2n) is 7.31. The van der Waals surface area contributed by atoms with E-state index in [1.54, 1.807) is 14.0 Å². The summed E-state index contributed by atoms with van der Waals surface area (Å²) < 4.78 is 1.36. The van der Waals surface area contributed by atoms with E-state index in [2.05, 4.69) is 10.6 Å². The van der Waals surface area contributed by atoms with Gasteiger partial charge in [-0.05, 0) is 31.2 Å². The number of amides is 4. The van der Waals surface area contributed by atoms with Gasteiger partial charge in [0.25, 0.3) is 11.5 Å². The molecule has 2 fully saturated rings. The van der Waals surface area contributed by atoms with Crippen LogP contribution < -0.4 is 16.2 Å². The highest BCUT2D eigenvalue weighted by atomic mass is 16.2. The van der Waals surface area contributed by atoms with E-state index in [-0.39, 0.29) is 23.9 Å². The fraction of sp³-hybridized carbons (Fsp3) is 0.556. The Balaban J connectivity index is 1.73. The molecule has 1 aliphatic carbocycles. The summed E-state index contributed by atoms with van der Waals surface area (Å²) in [7, 11) is 1.59. The minimum atomic E-state index is -0.873. The zero-order valence-corrected chi connectivity index (χ0v) is 15.3. The van der Waals surface area contributed by atoms with Gasteiger partial charge in [-0.2, -0.15) is 0 Å². The molecule has 0 aromatic carbocycles. The molecule has 2 atom stereocenters. The molecule has 1 aromatic rings. The Hall–Kier alpha value is -2.64. The second-order valence-corrected chi connectivity index (χ2v) is 7.31. The van der Waals surface area contributed by atoms with Crippen molar-refractivity contribution in [2.75, 3.05) is 11.9 Å². The van der Waals surface area contributed by atoms with E-state index in [1.807, 2.05) is 6.92 Å². The lowest BCUT2D eigenvalue weighted by Gasteiger charge is -2.36. The monoisotopic (exact) mass is 360 g/mol. The van der Waals surface area contributed by atoms with Gasteiger partial charge in [0.15, 0.2) is 0 Å². The van der Waals surface area contributed by atoms with Crippen molar-refractivity contribution >= 4 is 23.5 Å². The lowest BCUT2D eigenvalue weighted by molar-refractivity contribution is -0.136. The molecule has 1 spiro atoms. The summed E-state index contributed by atoms with van der Waals surface area (Å²) in [6, 6.07) is 0.901. The van der Waals surface area contributed by atoms with Crippen LogP contribution in [0.25, 0.3) is 0 Å². The van der Waals surface area contributed by atoms with E-state index in [0.29, 0.717) is 17.7 Å². The summed E-state index contributed by atoms with van der Waals surface area (Å²) in [6.45, 7) is 3.33. The van der Waals surface area contributed by atoms with Crippen molar-refractivity contribution in [3.63, 3.8) is 0 Å². The van der Waals surface area contributed by atoms with Crippen molar-refractivity contribution in [3.05, 3.63) is 28.2 Å². The van der Waals surface area contributed by atoms with E-state index < -0.39 is 17.5 Å². The Labute approximate surface area is 151 Å². The summed E-state index contributed by atoms with van der Waals surface area (Å²) in [5.74, 6) is -0.746. The van der Waals surface area contributed by atoms with Crippen LogP contribution in [0.4, 0.5) is 10.5 Å². The first-order valence-electron chi connectivity index (χ1n) is 8.86. The smallest absolute Gasteiger partial charge is 0.323 e. The number of carbonyl (C=O) groups excluding carboxylic acids is 3. The van der Waals surface area contributed by atoms with Gasteiger partial charge in [-0.3, -0.25) is 19.3 Å². The summed E-state index contributed by atoms with van der Waals surface area (Å²) in [4.78, 5) is 50.2. The van der Waals surface area contributed by atoms with Gasteiger partial charge in [0, 0.05) is 19.3 Å². The molecular formula is C18H24N4O4. The maximum absolute atomic E-state index is 12.9. The molecule has 2 N–H and O–H groups in total. The summed E-state index contributed by atoms with van der Waals surface area (Å²) in [5, 5.41) is 5.50. The molecule has 4 amide bonds. The number of aromatic nitrogens is 1. The fourth-order valence-electron chi connectivity index (χ4n) is 3.83. The Bertz CT molecular complexity index is 831. The predicted molar refractivity (Wildman–Crippen MR) is 95.7 cm³/mol. The van der Waals surface area contributed by atoms with Crippen LogP contribution in [-0.4, -0.2) is 39.4 Å². The minimum Gasteiger partial charge on any atom is -0.323 e. The van der Waals surface area contributed by atoms with Crippen molar-refractivity contribution in [2.45, 2.75) is 45.1 Å². The maximum atomic E-state index is 12.9. The molecule has 0 bridgehead atoms. The molecule has 8 nitrogen and oxygen atoms in total. The number of hydrogen-bond acceptors (Lipinski definition) is 4. The molecule has 0 radical (unpaired) electrons. The van der Waals surface area contributed by atoms with Crippen LogP contribution in [0, 0.1) is 12.8 Å². The van der Waals surface area contributed by atoms with E-state index in [1.165, 1.54) is 16.8 Å². The highest BCUT2D eigenvalue weighted by molar-refractivity contribution is 6.10. The first-order chi connectivity index (χ1) is 12.2. The molecule has 2 aliphatic rings. The van der Waals surface area contributed by atoms with Crippen molar-refractivity contribution in [1.29, 1.82) is 0 Å². The molecule has 1 aliphatic heterocycles. The van der Waals surface area contributed by atoms with Crippen LogP contribution in [0.2, 0.25) is 0 Å². The molecule has 1 saturated heterocycles. The maximum Gasteiger partial charge on any atom is 0.325 e. The number of nitrogens with zero attached hydrogens (tertiary/aromatic N) is 2. The van der Waals surface area contributed by atoms with Crippen LogP contribution in [0.5, 0.6) is 0 Å². The highest BCUT2D eigenvalue weighted by Gasteiger charge is 2.55. The van der Waals surface area contributed by atoms with Crippen molar-refractivity contribution in [3.8, 4) is 0 Å². The summed E-state index contributed by atoms with van der Waals surface area (Å²) >= 11 is 0. The van der Waals surface area contributed by atoms with Crippen molar-refractivity contribution in [1.82, 2.24) is 14.8 Å². The quantitative estimate of drug-likeness (QED) is 0.789.